The Hall–Kier alpha value is 0.300. The molecular weight excluding hydrogens is 360 g/mol. The predicted octanol–water partition coefficient (Wildman–Crippen LogP) is 3.74. The number of Topliss-reactive ketones (excluding diaryl/α,β-unsaturated/α-hetero) is 2. The van der Waals surface area contributed by atoms with Gasteiger partial charge in [-0.05, 0) is 51.4 Å². The van der Waals surface area contributed by atoms with Crippen molar-refractivity contribution >= 4 is 43.4 Å². The molecule has 6 atom stereocenters. The van der Waals surface area contributed by atoms with Gasteiger partial charge in [0.1, 0.15) is 11.6 Å². The second-order valence-electron chi connectivity index (χ2n) is 5.92. The molecule has 4 heteroatoms. The first-order chi connectivity index (χ1) is 8.40. The van der Waals surface area contributed by atoms with E-state index in [0.29, 0.717) is 33.1 Å². The van der Waals surface area contributed by atoms with E-state index in [1.165, 1.54) is 0 Å². The Labute approximate surface area is 126 Å². The number of hydrogen-bond acceptors (Lipinski definition) is 2. The van der Waals surface area contributed by atoms with Crippen LogP contribution in [-0.4, -0.2) is 21.2 Å². The molecule has 2 rings (SSSR count). The number of ketones is 2. The van der Waals surface area contributed by atoms with Crippen LogP contribution in [0, 0.1) is 23.7 Å². The molecule has 0 aromatic heterocycles. The Balaban J connectivity index is 2.13. The maximum absolute atomic E-state index is 11.6. The molecule has 2 nitrogen and oxygen atoms in total. The zero-order chi connectivity index (χ0) is 13.4. The first-order valence-electron chi connectivity index (χ1n) is 6.69. The Bertz CT molecular complexity index is 322. The van der Waals surface area contributed by atoms with Gasteiger partial charge in [0, 0.05) is 21.5 Å². The van der Waals surface area contributed by atoms with Crippen LogP contribution < -0.4 is 0 Å². The van der Waals surface area contributed by atoms with Crippen molar-refractivity contribution in [2.45, 2.75) is 49.2 Å². The molecule has 18 heavy (non-hydrogen) atoms. The fourth-order valence-electron chi connectivity index (χ4n) is 3.59. The number of alkyl halides is 2. The molecule has 0 amide bonds. The van der Waals surface area contributed by atoms with Gasteiger partial charge in [-0.3, -0.25) is 9.59 Å². The summed E-state index contributed by atoms with van der Waals surface area (Å²) in [6.07, 6.45) is 3.84. The highest BCUT2D eigenvalue weighted by Gasteiger charge is 2.46. The lowest BCUT2D eigenvalue weighted by Crippen LogP contribution is -2.45. The van der Waals surface area contributed by atoms with Gasteiger partial charge in [-0.25, -0.2) is 0 Å². The van der Waals surface area contributed by atoms with E-state index in [9.17, 15) is 9.59 Å². The van der Waals surface area contributed by atoms with Crippen LogP contribution in [-0.2, 0) is 9.59 Å². The van der Waals surface area contributed by atoms with Crippen LogP contribution in [0.1, 0.15) is 39.5 Å². The minimum atomic E-state index is 0.199. The topological polar surface area (TPSA) is 34.1 Å². The van der Waals surface area contributed by atoms with Gasteiger partial charge in [0.2, 0.25) is 0 Å². The Morgan fingerprint density at radius 3 is 1.39 bits per heavy atom. The summed E-state index contributed by atoms with van der Waals surface area (Å²) >= 11 is 7.52. The summed E-state index contributed by atoms with van der Waals surface area (Å²) in [5.41, 5.74) is 0. The van der Waals surface area contributed by atoms with E-state index in [2.05, 4.69) is 31.9 Å². The first kappa shape index (κ1) is 14.7. The normalized spacial score (nSPS) is 44.2. The van der Waals surface area contributed by atoms with Crippen LogP contribution in [0.5, 0.6) is 0 Å². The monoisotopic (exact) mass is 378 g/mol. The lowest BCUT2D eigenvalue weighted by atomic mass is 9.63. The van der Waals surface area contributed by atoms with Crippen molar-refractivity contribution in [3.8, 4) is 0 Å². The third-order valence-electron chi connectivity index (χ3n) is 4.76. The molecule has 0 aromatic carbocycles. The number of hydrogen-bond donors (Lipinski definition) is 0. The molecular formula is C14H20Br2O2. The highest BCUT2D eigenvalue weighted by atomic mass is 79.9. The van der Waals surface area contributed by atoms with Crippen molar-refractivity contribution in [3.63, 3.8) is 0 Å². The van der Waals surface area contributed by atoms with Gasteiger partial charge in [0.05, 0.1) is 0 Å². The van der Waals surface area contributed by atoms with Crippen LogP contribution in [0.15, 0.2) is 0 Å². The van der Waals surface area contributed by atoms with E-state index in [4.69, 9.17) is 0 Å². The number of carbonyl (C=O) groups excluding carboxylic acids is 2. The summed E-state index contributed by atoms with van der Waals surface area (Å²) in [6, 6.07) is 0. The van der Waals surface area contributed by atoms with Crippen molar-refractivity contribution in [1.82, 2.24) is 0 Å². The van der Waals surface area contributed by atoms with Crippen LogP contribution in [0.3, 0.4) is 0 Å². The highest BCUT2D eigenvalue weighted by Crippen LogP contribution is 2.49. The molecule has 2 saturated carbocycles. The molecule has 0 heterocycles. The summed E-state index contributed by atoms with van der Waals surface area (Å²) < 4.78 is 0. The second kappa shape index (κ2) is 5.74. The van der Waals surface area contributed by atoms with E-state index < -0.39 is 0 Å². The first-order valence-corrected chi connectivity index (χ1v) is 8.52. The number of carbonyl (C=O) groups is 2. The van der Waals surface area contributed by atoms with E-state index >= 15 is 0 Å². The molecule has 0 spiro atoms. The number of halogens is 2. The molecule has 0 N–H and O–H groups in total. The van der Waals surface area contributed by atoms with Crippen LogP contribution >= 0.6 is 31.9 Å². The zero-order valence-electron chi connectivity index (χ0n) is 10.9. The highest BCUT2D eigenvalue weighted by molar-refractivity contribution is 9.09. The maximum atomic E-state index is 11.6. The molecule has 0 aromatic rings. The van der Waals surface area contributed by atoms with Gasteiger partial charge in [0.25, 0.3) is 0 Å². The van der Waals surface area contributed by atoms with Gasteiger partial charge in [0.15, 0.2) is 0 Å². The Kier molecular flexibility index (Phi) is 4.69. The summed E-state index contributed by atoms with van der Waals surface area (Å²) in [7, 11) is 0. The third-order valence-corrected chi connectivity index (χ3v) is 6.87. The third kappa shape index (κ3) is 2.90. The van der Waals surface area contributed by atoms with Crippen molar-refractivity contribution in [3.05, 3.63) is 0 Å². The fourth-order valence-corrected chi connectivity index (χ4v) is 5.71. The van der Waals surface area contributed by atoms with Crippen LogP contribution in [0.25, 0.3) is 0 Å². The molecule has 0 radical (unpaired) electrons. The van der Waals surface area contributed by atoms with E-state index in [1.54, 1.807) is 13.8 Å². The van der Waals surface area contributed by atoms with Crippen molar-refractivity contribution in [1.29, 1.82) is 0 Å². The smallest absolute Gasteiger partial charge is 0.132 e. The van der Waals surface area contributed by atoms with Gasteiger partial charge < -0.3 is 0 Å². The molecule has 2 aliphatic carbocycles. The molecule has 2 fully saturated rings. The van der Waals surface area contributed by atoms with Crippen LogP contribution in [0.2, 0.25) is 0 Å². The second-order valence-corrected chi connectivity index (χ2v) is 8.27. The minimum Gasteiger partial charge on any atom is -0.300 e. The van der Waals surface area contributed by atoms with Gasteiger partial charge in [-0.15, -0.1) is 0 Å². The number of fused-ring (bicyclic) bond motifs is 1. The summed E-state index contributed by atoms with van der Waals surface area (Å²) in [5, 5.41) is 0. The zero-order valence-corrected chi connectivity index (χ0v) is 14.0. The quantitative estimate of drug-likeness (QED) is 0.684. The lowest BCUT2D eigenvalue weighted by molar-refractivity contribution is -0.125. The lowest BCUT2D eigenvalue weighted by Gasteiger charge is -2.46. The average Bonchev–Trinajstić information content (AvgIpc) is 2.29. The van der Waals surface area contributed by atoms with Crippen molar-refractivity contribution in [2.75, 3.05) is 0 Å². The standard InChI is InChI=1S/C14H20Br2O2/c1-7(17)9-3-11-12(13(15)5-9)4-10(8(2)18)6-14(11)16/h9-14H,3-6H2,1-2H3. The molecule has 0 bridgehead atoms. The van der Waals surface area contributed by atoms with E-state index in [0.717, 1.165) is 25.7 Å². The van der Waals surface area contributed by atoms with Gasteiger partial charge in [-0.2, -0.15) is 0 Å². The van der Waals surface area contributed by atoms with Gasteiger partial charge in [-0.1, -0.05) is 31.9 Å². The van der Waals surface area contributed by atoms with E-state index in [-0.39, 0.29) is 11.8 Å². The summed E-state index contributed by atoms with van der Waals surface area (Å²) in [4.78, 5) is 24.0. The molecule has 102 valence electrons. The minimum absolute atomic E-state index is 0.199. The van der Waals surface area contributed by atoms with E-state index in [1.807, 2.05) is 0 Å². The fraction of sp³-hybridized carbons (Fsp3) is 0.857. The van der Waals surface area contributed by atoms with Gasteiger partial charge >= 0.3 is 0 Å². The Morgan fingerprint density at radius 1 is 0.778 bits per heavy atom. The SMILES string of the molecule is CC(=O)C1CC(Br)C2CC(C(C)=O)CC(Br)C2C1. The average molecular weight is 380 g/mol. The summed E-state index contributed by atoms with van der Waals surface area (Å²) in [6.45, 7) is 3.41. The molecule has 0 aliphatic heterocycles. The number of rotatable bonds is 2. The largest absolute Gasteiger partial charge is 0.300 e. The maximum Gasteiger partial charge on any atom is 0.132 e. The predicted molar refractivity (Wildman–Crippen MR) is 79.2 cm³/mol. The van der Waals surface area contributed by atoms with Crippen molar-refractivity contribution < 1.29 is 9.59 Å². The van der Waals surface area contributed by atoms with Crippen LogP contribution in [0.4, 0.5) is 0 Å². The summed E-state index contributed by atoms with van der Waals surface area (Å²) in [5.74, 6) is 2.09. The van der Waals surface area contributed by atoms with Crippen molar-refractivity contribution in [2.24, 2.45) is 23.7 Å². The molecule has 0 saturated heterocycles. The Morgan fingerprint density at radius 2 is 1.11 bits per heavy atom. The molecule has 6 unspecified atom stereocenters. The molecule has 2 aliphatic rings.